The maximum absolute atomic E-state index is 13.5. The minimum Gasteiger partial charge on any atom is -0.480 e. The molecule has 0 unspecified atom stereocenters. The molecule has 10 nitrogen and oxygen atoms in total. The minimum atomic E-state index is -1.16. The second-order valence-corrected chi connectivity index (χ2v) is 11.7. The van der Waals surface area contributed by atoms with Crippen LogP contribution in [0.1, 0.15) is 58.4 Å². The number of aliphatic carboxylic acids is 1. The van der Waals surface area contributed by atoms with Crippen molar-refractivity contribution in [2.45, 2.75) is 44.6 Å². The average molecular weight is 641 g/mol. The van der Waals surface area contributed by atoms with Gasteiger partial charge in [-0.3, -0.25) is 14.4 Å². The third-order valence-electron chi connectivity index (χ3n) is 8.01. The number of carboxylic acid groups (broad SMARTS) is 1. The standard InChI is InChI=1S/C32H31Cl2N3O7/c33-22-4-3-5-23(34)27(22)29(39)36-21-9-6-19(7-10-21)16-24(30(40)41)37-31(42)32(12-1-2-13-32)14-15-35-28(38)20-8-11-25-26(17-20)44-18-43-25/h3-11,17,24H,1-2,12-16,18H2,(H,35,38)(H,36,39)(H,37,42)(H,40,41)/t24-/m0/s1. The van der Waals surface area contributed by atoms with Crippen LogP contribution in [0.2, 0.25) is 10.0 Å². The maximum atomic E-state index is 13.5. The number of hydrogen-bond acceptors (Lipinski definition) is 6. The Morgan fingerprint density at radius 3 is 2.25 bits per heavy atom. The number of benzene rings is 3. The Kier molecular flexibility index (Phi) is 9.61. The molecule has 1 atom stereocenters. The molecule has 1 saturated carbocycles. The van der Waals surface area contributed by atoms with E-state index in [2.05, 4.69) is 16.0 Å². The number of carbonyl (C=O) groups excluding carboxylic acids is 3. The van der Waals surface area contributed by atoms with E-state index in [9.17, 15) is 24.3 Å². The molecule has 1 heterocycles. The van der Waals surface area contributed by atoms with Gasteiger partial charge in [0.1, 0.15) is 6.04 Å². The molecule has 1 aliphatic carbocycles. The number of rotatable bonds is 11. The predicted octanol–water partition coefficient (Wildman–Crippen LogP) is 5.47. The molecule has 12 heteroatoms. The molecule has 3 amide bonds. The van der Waals surface area contributed by atoms with Crippen LogP contribution in [0.15, 0.2) is 60.7 Å². The van der Waals surface area contributed by atoms with Gasteiger partial charge in [0.25, 0.3) is 11.8 Å². The van der Waals surface area contributed by atoms with Crippen molar-refractivity contribution in [3.63, 3.8) is 0 Å². The van der Waals surface area contributed by atoms with E-state index in [0.717, 1.165) is 12.8 Å². The molecular weight excluding hydrogens is 609 g/mol. The fraction of sp³-hybridized carbons (Fsp3) is 0.312. The van der Waals surface area contributed by atoms with Gasteiger partial charge in [0.05, 0.1) is 21.0 Å². The lowest BCUT2D eigenvalue weighted by Crippen LogP contribution is -2.49. The van der Waals surface area contributed by atoms with Crippen molar-refractivity contribution in [2.75, 3.05) is 18.7 Å². The van der Waals surface area contributed by atoms with Crippen LogP contribution in [0.4, 0.5) is 5.69 Å². The Labute approximate surface area is 264 Å². The number of carbonyl (C=O) groups is 4. The summed E-state index contributed by atoms with van der Waals surface area (Å²) in [7, 11) is 0. The fourth-order valence-corrected chi connectivity index (χ4v) is 6.15. The first-order valence-electron chi connectivity index (χ1n) is 14.2. The molecule has 0 saturated heterocycles. The van der Waals surface area contributed by atoms with Crippen LogP contribution < -0.4 is 25.4 Å². The Hall–Kier alpha value is -4.28. The number of hydrogen-bond donors (Lipinski definition) is 4. The average Bonchev–Trinajstić information content (AvgIpc) is 3.68. The molecule has 1 aliphatic heterocycles. The van der Waals surface area contributed by atoms with Crippen molar-refractivity contribution in [3.8, 4) is 11.5 Å². The second kappa shape index (κ2) is 13.6. The van der Waals surface area contributed by atoms with Gasteiger partial charge in [-0.15, -0.1) is 0 Å². The molecule has 3 aromatic carbocycles. The van der Waals surface area contributed by atoms with Crippen molar-refractivity contribution in [1.82, 2.24) is 10.6 Å². The van der Waals surface area contributed by atoms with Crippen molar-refractivity contribution < 1.29 is 33.8 Å². The van der Waals surface area contributed by atoms with Crippen LogP contribution in [-0.4, -0.2) is 48.2 Å². The van der Waals surface area contributed by atoms with Gasteiger partial charge in [-0.05, 0) is 67.3 Å². The summed E-state index contributed by atoms with van der Waals surface area (Å²) < 4.78 is 10.6. The first kappa shape index (κ1) is 31.2. The van der Waals surface area contributed by atoms with Crippen LogP contribution in [0, 0.1) is 5.41 Å². The largest absolute Gasteiger partial charge is 0.480 e. The molecule has 2 aliphatic rings. The monoisotopic (exact) mass is 639 g/mol. The number of nitrogens with one attached hydrogen (secondary N) is 3. The van der Waals surface area contributed by atoms with Crippen molar-refractivity contribution in [3.05, 3.63) is 87.4 Å². The summed E-state index contributed by atoms with van der Waals surface area (Å²) in [5.41, 5.74) is 0.927. The summed E-state index contributed by atoms with van der Waals surface area (Å²) in [6.45, 7) is 0.365. The van der Waals surface area contributed by atoms with Crippen LogP contribution in [0.3, 0.4) is 0 Å². The van der Waals surface area contributed by atoms with Crippen LogP contribution in [-0.2, 0) is 16.0 Å². The number of carboxylic acids is 1. The quantitative estimate of drug-likeness (QED) is 0.218. The van der Waals surface area contributed by atoms with E-state index in [0.29, 0.717) is 47.6 Å². The lowest BCUT2D eigenvalue weighted by Gasteiger charge is -2.29. The lowest BCUT2D eigenvalue weighted by molar-refractivity contribution is -0.144. The smallest absolute Gasteiger partial charge is 0.326 e. The predicted molar refractivity (Wildman–Crippen MR) is 165 cm³/mol. The summed E-state index contributed by atoms with van der Waals surface area (Å²) in [6.07, 6.45) is 3.32. The first-order chi connectivity index (χ1) is 21.1. The lowest BCUT2D eigenvalue weighted by atomic mass is 9.81. The summed E-state index contributed by atoms with van der Waals surface area (Å²) in [5, 5.41) is 18.7. The van der Waals surface area contributed by atoms with E-state index < -0.39 is 23.3 Å². The first-order valence-corrected chi connectivity index (χ1v) is 15.0. The SMILES string of the molecule is O=C(NCCC1(C(=O)N[C@@H](Cc2ccc(NC(=O)c3c(Cl)cccc3Cl)cc2)C(=O)O)CCCC1)c1ccc2c(c1)OCO2. The summed E-state index contributed by atoms with van der Waals surface area (Å²) in [4.78, 5) is 51.1. The van der Waals surface area contributed by atoms with E-state index in [-0.39, 0.29) is 47.2 Å². The molecule has 1 fully saturated rings. The van der Waals surface area contributed by atoms with E-state index in [4.69, 9.17) is 32.7 Å². The van der Waals surface area contributed by atoms with Gasteiger partial charge in [0.15, 0.2) is 11.5 Å². The molecule has 0 radical (unpaired) electrons. The summed E-state index contributed by atoms with van der Waals surface area (Å²) in [5.74, 6) is -1.18. The number of amides is 3. The zero-order chi connectivity index (χ0) is 31.3. The Balaban J connectivity index is 1.17. The Morgan fingerprint density at radius 2 is 1.57 bits per heavy atom. The van der Waals surface area contributed by atoms with Crippen molar-refractivity contribution >= 4 is 52.6 Å². The molecular formula is C32H31Cl2N3O7. The zero-order valence-electron chi connectivity index (χ0n) is 23.7. The van der Waals surface area contributed by atoms with E-state index >= 15 is 0 Å². The van der Waals surface area contributed by atoms with E-state index in [1.165, 1.54) is 0 Å². The molecule has 5 rings (SSSR count). The van der Waals surface area contributed by atoms with Gasteiger partial charge in [-0.25, -0.2) is 4.79 Å². The fourth-order valence-electron chi connectivity index (χ4n) is 5.58. The van der Waals surface area contributed by atoms with Crippen molar-refractivity contribution in [2.24, 2.45) is 5.41 Å². The van der Waals surface area contributed by atoms with Crippen LogP contribution >= 0.6 is 23.2 Å². The van der Waals surface area contributed by atoms with Gasteiger partial charge in [-0.2, -0.15) is 0 Å². The third-order valence-corrected chi connectivity index (χ3v) is 8.64. The highest BCUT2D eigenvalue weighted by molar-refractivity contribution is 6.40. The normalized spacial score (nSPS) is 15.3. The zero-order valence-corrected chi connectivity index (χ0v) is 25.2. The van der Waals surface area contributed by atoms with Gasteiger partial charge in [-0.1, -0.05) is 54.2 Å². The molecule has 230 valence electrons. The molecule has 44 heavy (non-hydrogen) atoms. The van der Waals surface area contributed by atoms with E-state index in [1.54, 1.807) is 60.7 Å². The molecule has 0 spiro atoms. The van der Waals surface area contributed by atoms with Crippen molar-refractivity contribution in [1.29, 1.82) is 0 Å². The molecule has 3 aromatic rings. The topological polar surface area (TPSA) is 143 Å². The maximum Gasteiger partial charge on any atom is 0.326 e. The number of halogens is 2. The van der Waals surface area contributed by atoms with E-state index in [1.807, 2.05) is 0 Å². The number of fused-ring (bicyclic) bond motifs is 1. The van der Waals surface area contributed by atoms with Gasteiger partial charge in [0, 0.05) is 24.2 Å². The van der Waals surface area contributed by atoms with Gasteiger partial charge in [0.2, 0.25) is 12.7 Å². The third kappa shape index (κ3) is 7.09. The Bertz CT molecular complexity index is 1550. The highest BCUT2D eigenvalue weighted by atomic mass is 35.5. The molecule has 0 aromatic heterocycles. The summed E-state index contributed by atoms with van der Waals surface area (Å²) >= 11 is 12.2. The van der Waals surface area contributed by atoms with Crippen LogP contribution in [0.25, 0.3) is 0 Å². The molecule has 4 N–H and O–H groups in total. The highest BCUT2D eigenvalue weighted by Crippen LogP contribution is 2.41. The second-order valence-electron chi connectivity index (χ2n) is 10.9. The van der Waals surface area contributed by atoms with Crippen LogP contribution in [0.5, 0.6) is 11.5 Å². The number of ether oxygens (including phenoxy) is 2. The minimum absolute atomic E-state index is 0.0442. The van der Waals surface area contributed by atoms with Gasteiger partial charge >= 0.3 is 5.97 Å². The molecule has 0 bridgehead atoms. The number of anilines is 1. The highest BCUT2D eigenvalue weighted by Gasteiger charge is 2.42. The van der Waals surface area contributed by atoms with Gasteiger partial charge < -0.3 is 30.5 Å². The Morgan fingerprint density at radius 1 is 0.886 bits per heavy atom. The summed E-state index contributed by atoms with van der Waals surface area (Å²) in [6, 6.07) is 15.2.